The van der Waals surface area contributed by atoms with Crippen molar-refractivity contribution < 1.29 is 14.1 Å². The molecule has 1 N–H and O–H groups in total. The van der Waals surface area contributed by atoms with E-state index in [1.54, 1.807) is 0 Å². The maximum atomic E-state index is 13.2. The minimum Gasteiger partial charge on any atom is -0.467 e. The second-order valence-corrected chi connectivity index (χ2v) is 8.16. The molecule has 3 atom stereocenters. The topological polar surface area (TPSA) is 58.9 Å². The van der Waals surface area contributed by atoms with Crippen LogP contribution in [-0.4, -0.2) is 27.9 Å². The van der Waals surface area contributed by atoms with Crippen LogP contribution < -0.4 is 0 Å². The highest BCUT2D eigenvalue weighted by molar-refractivity contribution is 7.85. The zero-order valence-electron chi connectivity index (χ0n) is 15.5. The minimum atomic E-state index is -1.35. The molecule has 0 amide bonds. The Morgan fingerprint density at radius 3 is 2.36 bits per heavy atom. The van der Waals surface area contributed by atoms with Gasteiger partial charge in [-0.3, -0.25) is 0 Å². The molecule has 0 spiro atoms. The van der Waals surface area contributed by atoms with Crippen molar-refractivity contribution in [2.75, 3.05) is 6.61 Å². The highest BCUT2D eigenvalue weighted by Gasteiger charge is 2.33. The first kappa shape index (κ1) is 18.6. The van der Waals surface area contributed by atoms with Crippen LogP contribution in [0.25, 0.3) is 0 Å². The van der Waals surface area contributed by atoms with Gasteiger partial charge in [-0.2, -0.15) is 0 Å². The molecule has 0 radical (unpaired) electrons. The summed E-state index contributed by atoms with van der Waals surface area (Å²) in [5, 5.41) is 9.80. The van der Waals surface area contributed by atoms with Gasteiger partial charge in [0.15, 0.2) is 6.10 Å². The molecule has 4 nitrogen and oxygen atoms in total. The second kappa shape index (κ2) is 8.09. The summed E-state index contributed by atoms with van der Waals surface area (Å²) in [4.78, 5) is 5.98. The van der Waals surface area contributed by atoms with Crippen molar-refractivity contribution in [2.24, 2.45) is 4.99 Å². The Bertz CT molecular complexity index is 1020. The van der Waals surface area contributed by atoms with E-state index in [-0.39, 0.29) is 12.7 Å². The van der Waals surface area contributed by atoms with E-state index in [4.69, 9.17) is 4.74 Å². The molecule has 1 aliphatic rings. The van der Waals surface area contributed by atoms with E-state index >= 15 is 0 Å². The minimum absolute atomic E-state index is 0.119. The SMILES string of the molecule is Cc1ccc(S(=O)c2ccccc2C2=N[C@@H](CO)[C@H](c3ccccc3)O2)cc1. The van der Waals surface area contributed by atoms with Gasteiger partial charge < -0.3 is 9.84 Å². The van der Waals surface area contributed by atoms with E-state index in [2.05, 4.69) is 4.99 Å². The maximum absolute atomic E-state index is 13.2. The Hall–Kier alpha value is -2.76. The molecule has 142 valence electrons. The van der Waals surface area contributed by atoms with Gasteiger partial charge >= 0.3 is 0 Å². The Balaban J connectivity index is 1.69. The zero-order valence-corrected chi connectivity index (χ0v) is 16.3. The third kappa shape index (κ3) is 3.63. The van der Waals surface area contributed by atoms with Crippen LogP contribution in [0, 0.1) is 6.92 Å². The van der Waals surface area contributed by atoms with Gasteiger partial charge in [-0.1, -0.05) is 60.2 Å². The molecular weight excluding hydrogens is 370 g/mol. The predicted molar refractivity (Wildman–Crippen MR) is 110 cm³/mol. The molecule has 28 heavy (non-hydrogen) atoms. The lowest BCUT2D eigenvalue weighted by molar-refractivity contribution is 0.151. The molecule has 4 rings (SSSR count). The highest BCUT2D eigenvalue weighted by atomic mass is 32.2. The van der Waals surface area contributed by atoms with Crippen molar-refractivity contribution in [2.45, 2.75) is 28.9 Å². The quantitative estimate of drug-likeness (QED) is 0.714. The van der Waals surface area contributed by atoms with Crippen molar-refractivity contribution in [1.29, 1.82) is 0 Å². The molecule has 0 saturated carbocycles. The fraction of sp³-hybridized carbons (Fsp3) is 0.174. The number of rotatable bonds is 5. The third-order valence-corrected chi connectivity index (χ3v) is 6.19. The van der Waals surface area contributed by atoms with Crippen molar-refractivity contribution >= 4 is 16.7 Å². The molecule has 1 aliphatic heterocycles. The van der Waals surface area contributed by atoms with Crippen molar-refractivity contribution in [3.8, 4) is 0 Å². The summed E-state index contributed by atoms with van der Waals surface area (Å²) >= 11 is 0. The van der Waals surface area contributed by atoms with Crippen molar-refractivity contribution in [1.82, 2.24) is 0 Å². The molecule has 0 fully saturated rings. The summed E-state index contributed by atoms with van der Waals surface area (Å²) in [6, 6.07) is 24.4. The first-order chi connectivity index (χ1) is 13.7. The number of hydrogen-bond donors (Lipinski definition) is 1. The lowest BCUT2D eigenvalue weighted by Crippen LogP contribution is -2.18. The van der Waals surface area contributed by atoms with E-state index in [1.165, 1.54) is 0 Å². The van der Waals surface area contributed by atoms with Crippen molar-refractivity contribution in [3.05, 3.63) is 95.6 Å². The molecule has 0 aliphatic carbocycles. The Morgan fingerprint density at radius 1 is 0.964 bits per heavy atom. The lowest BCUT2D eigenvalue weighted by atomic mass is 10.0. The van der Waals surface area contributed by atoms with Gasteiger partial charge in [0, 0.05) is 4.90 Å². The molecule has 0 bridgehead atoms. The maximum Gasteiger partial charge on any atom is 0.218 e. The zero-order chi connectivity index (χ0) is 19.5. The molecule has 0 saturated heterocycles. The van der Waals surface area contributed by atoms with Crippen LogP contribution in [0.1, 0.15) is 22.8 Å². The average molecular weight is 391 g/mol. The number of aliphatic hydroxyl groups is 1. The second-order valence-electron chi connectivity index (χ2n) is 6.71. The summed E-state index contributed by atoms with van der Waals surface area (Å²) in [7, 11) is -1.35. The highest BCUT2D eigenvalue weighted by Crippen LogP contribution is 2.32. The standard InChI is InChI=1S/C23H21NO3S/c1-16-11-13-18(14-12-16)28(26)21-10-6-5-9-19(21)23-24-20(15-25)22(27-23)17-7-3-2-4-8-17/h2-14,20,22,25H,15H2,1H3/t20-,22-,28?/m0/s1. The Morgan fingerprint density at radius 2 is 1.64 bits per heavy atom. The van der Waals surface area contributed by atoms with Gasteiger partial charge in [-0.25, -0.2) is 9.20 Å². The molecule has 3 aromatic carbocycles. The number of ether oxygens (including phenoxy) is 1. The molecule has 5 heteroatoms. The predicted octanol–water partition coefficient (Wildman–Crippen LogP) is 4.04. The fourth-order valence-corrected chi connectivity index (χ4v) is 4.44. The number of aliphatic imine (C=N–C) groups is 1. The van der Waals surface area contributed by atoms with Crippen LogP contribution in [0.4, 0.5) is 0 Å². The van der Waals surface area contributed by atoms with E-state index in [0.717, 1.165) is 16.0 Å². The van der Waals surface area contributed by atoms with Crippen LogP contribution in [-0.2, 0) is 15.5 Å². The van der Waals surface area contributed by atoms with Gasteiger partial charge in [0.1, 0.15) is 6.04 Å². The van der Waals surface area contributed by atoms with Crippen LogP contribution in [0.15, 0.2) is 93.6 Å². The van der Waals surface area contributed by atoms with Crippen LogP contribution in [0.5, 0.6) is 0 Å². The third-order valence-electron chi connectivity index (χ3n) is 4.74. The molecule has 1 unspecified atom stereocenters. The molecule has 0 aromatic heterocycles. The summed E-state index contributed by atoms with van der Waals surface area (Å²) in [5.41, 5.74) is 2.77. The number of aliphatic hydroxyl groups excluding tert-OH is 1. The number of benzene rings is 3. The molecule has 3 aromatic rings. The number of nitrogens with zero attached hydrogens (tertiary/aromatic N) is 1. The van der Waals surface area contributed by atoms with E-state index < -0.39 is 16.8 Å². The van der Waals surface area contributed by atoms with Crippen LogP contribution in [0.2, 0.25) is 0 Å². The van der Waals surface area contributed by atoms with Gasteiger partial charge in [0.05, 0.1) is 27.9 Å². The van der Waals surface area contributed by atoms with E-state index in [9.17, 15) is 9.32 Å². The summed E-state index contributed by atoms with van der Waals surface area (Å²) < 4.78 is 19.3. The smallest absolute Gasteiger partial charge is 0.218 e. The number of aryl methyl sites for hydroxylation is 1. The first-order valence-corrected chi connectivity index (χ1v) is 10.3. The van der Waals surface area contributed by atoms with Crippen LogP contribution in [0.3, 0.4) is 0 Å². The Kier molecular flexibility index (Phi) is 5.37. The van der Waals surface area contributed by atoms with Gasteiger partial charge in [-0.05, 0) is 36.8 Å². The summed E-state index contributed by atoms with van der Waals surface area (Å²) in [6.45, 7) is 1.88. The lowest BCUT2D eigenvalue weighted by Gasteiger charge is -2.17. The first-order valence-electron chi connectivity index (χ1n) is 9.15. The summed E-state index contributed by atoms with van der Waals surface area (Å²) in [6.07, 6.45) is -0.359. The Labute approximate surface area is 167 Å². The molecular formula is C23H21NO3S. The van der Waals surface area contributed by atoms with Gasteiger partial charge in [0.2, 0.25) is 5.90 Å². The number of hydrogen-bond acceptors (Lipinski definition) is 4. The van der Waals surface area contributed by atoms with E-state index in [1.807, 2.05) is 85.8 Å². The van der Waals surface area contributed by atoms with E-state index in [0.29, 0.717) is 16.4 Å². The van der Waals surface area contributed by atoms with Crippen molar-refractivity contribution in [3.63, 3.8) is 0 Å². The van der Waals surface area contributed by atoms with Gasteiger partial charge in [-0.15, -0.1) is 0 Å². The summed E-state index contributed by atoms with van der Waals surface area (Å²) in [5.74, 6) is 0.420. The monoisotopic (exact) mass is 391 g/mol. The normalized spacial score (nSPS) is 19.7. The van der Waals surface area contributed by atoms with Gasteiger partial charge in [0.25, 0.3) is 0 Å². The average Bonchev–Trinajstić information content (AvgIpc) is 3.19. The molecule has 1 heterocycles. The largest absolute Gasteiger partial charge is 0.467 e. The van der Waals surface area contributed by atoms with Crippen LogP contribution >= 0.6 is 0 Å². The fourth-order valence-electron chi connectivity index (χ4n) is 3.24.